The van der Waals surface area contributed by atoms with Crippen LogP contribution in [-0.2, 0) is 4.84 Å². The number of halogens is 2. The zero-order valence-corrected chi connectivity index (χ0v) is 16.6. The van der Waals surface area contributed by atoms with Crippen molar-refractivity contribution in [3.63, 3.8) is 0 Å². The van der Waals surface area contributed by atoms with Crippen LogP contribution >= 0.6 is 15.9 Å². The van der Waals surface area contributed by atoms with Crippen molar-refractivity contribution in [2.75, 3.05) is 5.32 Å². The van der Waals surface area contributed by atoms with Crippen LogP contribution in [0.2, 0.25) is 0 Å². The van der Waals surface area contributed by atoms with Crippen molar-refractivity contribution >= 4 is 33.2 Å². The van der Waals surface area contributed by atoms with Gasteiger partial charge < -0.3 is 5.32 Å². The van der Waals surface area contributed by atoms with E-state index in [9.17, 15) is 4.39 Å². The monoisotopic (exact) mass is 432 g/mol. The van der Waals surface area contributed by atoms with E-state index in [2.05, 4.69) is 41.8 Å². The Morgan fingerprint density at radius 1 is 1.33 bits per heavy atom. The molecule has 0 fully saturated rings. The molecule has 140 valence electrons. The highest BCUT2D eigenvalue weighted by Gasteiger charge is 2.28. The average Bonchev–Trinajstić information content (AvgIpc) is 3.19. The van der Waals surface area contributed by atoms with Gasteiger partial charge >= 0.3 is 0 Å². The summed E-state index contributed by atoms with van der Waals surface area (Å²) in [7, 11) is 0. The summed E-state index contributed by atoms with van der Waals surface area (Å²) in [4.78, 5) is 14.6. The Balaban J connectivity index is 1.65. The minimum Gasteiger partial charge on any atom is -0.363 e. The van der Waals surface area contributed by atoms with Gasteiger partial charge in [0.15, 0.2) is 17.2 Å². The molecule has 0 saturated carbocycles. The molecule has 3 aromatic rings. The maximum absolute atomic E-state index is 13.6. The van der Waals surface area contributed by atoms with E-state index in [1.807, 2.05) is 33.0 Å². The highest BCUT2D eigenvalue weighted by Crippen LogP contribution is 2.27. The lowest BCUT2D eigenvalue weighted by molar-refractivity contribution is -0.0269. The Hall–Kier alpha value is -2.52. The Morgan fingerprint density at radius 3 is 2.89 bits per heavy atom. The quantitative estimate of drug-likeness (QED) is 0.655. The predicted molar refractivity (Wildman–Crippen MR) is 104 cm³/mol. The number of aliphatic imine (C=N–C) groups is 1. The molecule has 3 heterocycles. The average molecular weight is 433 g/mol. The molecule has 2 N–H and O–H groups in total. The molecule has 0 amide bonds. The standard InChI is InChI=1S/C18H18BrFN6O/c1-10(12-8-11(20)4-5-14(12)19)22-15-6-7-26-17(23-15)13(9-21-26)16-24-18(2,3)27-25-16/h4-10H,1-3H3,(H,22,23)(H,24,25)/t10-/m0/s1. The van der Waals surface area contributed by atoms with Gasteiger partial charge in [-0.15, -0.1) is 0 Å². The molecule has 9 heteroatoms. The Morgan fingerprint density at radius 2 is 2.15 bits per heavy atom. The third-order valence-corrected chi connectivity index (χ3v) is 4.91. The van der Waals surface area contributed by atoms with Gasteiger partial charge in [-0.05, 0) is 50.6 Å². The van der Waals surface area contributed by atoms with Crippen LogP contribution in [0, 0.1) is 5.82 Å². The fourth-order valence-electron chi connectivity index (χ4n) is 2.87. The first-order valence-corrected chi connectivity index (χ1v) is 9.22. The first kappa shape index (κ1) is 17.9. The number of fused-ring (bicyclic) bond motifs is 1. The maximum atomic E-state index is 13.6. The Kier molecular flexibility index (Phi) is 4.35. The summed E-state index contributed by atoms with van der Waals surface area (Å²) in [6, 6.07) is 6.28. The van der Waals surface area contributed by atoms with Crippen LogP contribution in [0.1, 0.15) is 37.9 Å². The molecule has 0 bridgehead atoms. The molecule has 2 aromatic heterocycles. The van der Waals surface area contributed by atoms with E-state index in [0.717, 1.165) is 15.6 Å². The van der Waals surface area contributed by atoms with Crippen molar-refractivity contribution < 1.29 is 9.23 Å². The lowest BCUT2D eigenvalue weighted by Gasteiger charge is -2.16. The molecule has 1 aliphatic heterocycles. The van der Waals surface area contributed by atoms with Gasteiger partial charge in [0.05, 0.1) is 17.8 Å². The number of nitrogens with zero attached hydrogens (tertiary/aromatic N) is 4. The minimum absolute atomic E-state index is 0.152. The number of hydrogen-bond acceptors (Lipinski definition) is 6. The van der Waals surface area contributed by atoms with Gasteiger partial charge in [-0.3, -0.25) is 0 Å². The van der Waals surface area contributed by atoms with Crippen molar-refractivity contribution in [2.45, 2.75) is 32.5 Å². The summed E-state index contributed by atoms with van der Waals surface area (Å²) in [5, 5.41) is 7.61. The van der Waals surface area contributed by atoms with Crippen LogP contribution in [0.25, 0.3) is 5.65 Å². The molecule has 0 unspecified atom stereocenters. The van der Waals surface area contributed by atoms with E-state index < -0.39 is 5.72 Å². The second-order valence-corrected chi connectivity index (χ2v) is 7.64. The molecule has 7 nitrogen and oxygen atoms in total. The summed E-state index contributed by atoms with van der Waals surface area (Å²) in [6.07, 6.45) is 3.50. The molecule has 27 heavy (non-hydrogen) atoms. The predicted octanol–water partition coefficient (Wildman–Crippen LogP) is 3.82. The largest absolute Gasteiger partial charge is 0.363 e. The van der Waals surface area contributed by atoms with Gasteiger partial charge in [0.1, 0.15) is 11.6 Å². The number of nitrogens with one attached hydrogen (secondary N) is 2. The molecule has 0 aliphatic carbocycles. The second-order valence-electron chi connectivity index (χ2n) is 6.78. The third kappa shape index (κ3) is 3.52. The second kappa shape index (κ2) is 6.58. The summed E-state index contributed by atoms with van der Waals surface area (Å²) >= 11 is 3.47. The van der Waals surface area contributed by atoms with Crippen LogP contribution in [0.15, 0.2) is 46.1 Å². The highest BCUT2D eigenvalue weighted by atomic mass is 79.9. The molecule has 0 spiro atoms. The first-order chi connectivity index (χ1) is 12.8. The van der Waals surface area contributed by atoms with E-state index in [1.54, 1.807) is 16.8 Å². The van der Waals surface area contributed by atoms with Crippen molar-refractivity contribution in [1.82, 2.24) is 20.1 Å². The summed E-state index contributed by atoms with van der Waals surface area (Å²) in [5.74, 6) is 0.948. The lowest BCUT2D eigenvalue weighted by atomic mass is 10.1. The van der Waals surface area contributed by atoms with Gasteiger partial charge in [-0.2, -0.15) is 5.10 Å². The normalized spacial score (nSPS) is 16.9. The molecule has 1 aromatic carbocycles. The molecule has 1 atom stereocenters. The van der Waals surface area contributed by atoms with Crippen LogP contribution in [0.4, 0.5) is 10.2 Å². The highest BCUT2D eigenvalue weighted by molar-refractivity contribution is 9.10. The third-order valence-electron chi connectivity index (χ3n) is 4.19. The zero-order chi connectivity index (χ0) is 19.2. The van der Waals surface area contributed by atoms with Crippen molar-refractivity contribution in [2.24, 2.45) is 4.99 Å². The number of hydroxylamine groups is 1. The summed E-state index contributed by atoms with van der Waals surface area (Å²) < 4.78 is 16.1. The van der Waals surface area contributed by atoms with E-state index in [-0.39, 0.29) is 11.9 Å². The topological polar surface area (TPSA) is 75.8 Å². The lowest BCUT2D eigenvalue weighted by Crippen LogP contribution is -2.23. The van der Waals surface area contributed by atoms with Gasteiger partial charge in [-0.1, -0.05) is 15.9 Å². The van der Waals surface area contributed by atoms with E-state index in [0.29, 0.717) is 17.3 Å². The first-order valence-electron chi connectivity index (χ1n) is 8.42. The van der Waals surface area contributed by atoms with E-state index in [4.69, 9.17) is 4.84 Å². The molecular formula is C18H18BrFN6O. The van der Waals surface area contributed by atoms with Crippen molar-refractivity contribution in [1.29, 1.82) is 0 Å². The molecule has 1 aliphatic rings. The van der Waals surface area contributed by atoms with E-state index >= 15 is 0 Å². The van der Waals surface area contributed by atoms with Crippen molar-refractivity contribution in [3.05, 3.63) is 58.1 Å². The van der Waals surface area contributed by atoms with Gasteiger partial charge in [0, 0.05) is 10.7 Å². The van der Waals surface area contributed by atoms with Gasteiger partial charge in [-0.25, -0.2) is 29.2 Å². The minimum atomic E-state index is -0.641. The SMILES string of the molecule is C[C@H](Nc1ccn2ncc(C3=NC(C)(C)ON3)c2n1)c1cc(F)ccc1Br. The molecule has 0 saturated heterocycles. The number of anilines is 1. The van der Waals surface area contributed by atoms with Gasteiger partial charge in [0.25, 0.3) is 0 Å². The van der Waals surface area contributed by atoms with Crippen LogP contribution in [0.5, 0.6) is 0 Å². The number of hydrogen-bond donors (Lipinski definition) is 2. The number of rotatable bonds is 4. The van der Waals surface area contributed by atoms with Crippen LogP contribution in [-0.4, -0.2) is 26.2 Å². The Labute approximate surface area is 163 Å². The fourth-order valence-corrected chi connectivity index (χ4v) is 3.46. The summed E-state index contributed by atoms with van der Waals surface area (Å²) in [5.41, 5.74) is 4.37. The number of aromatic nitrogens is 3. The van der Waals surface area contributed by atoms with E-state index in [1.165, 1.54) is 12.1 Å². The number of benzene rings is 1. The smallest absolute Gasteiger partial charge is 0.182 e. The fraction of sp³-hybridized carbons (Fsp3) is 0.278. The zero-order valence-electron chi connectivity index (χ0n) is 15.0. The summed E-state index contributed by atoms with van der Waals surface area (Å²) in [6.45, 7) is 5.66. The number of amidine groups is 1. The molecular weight excluding hydrogens is 415 g/mol. The molecule has 0 radical (unpaired) electrons. The molecule has 4 rings (SSSR count). The Bertz CT molecular complexity index is 1050. The van der Waals surface area contributed by atoms with Crippen LogP contribution in [0.3, 0.4) is 0 Å². The van der Waals surface area contributed by atoms with Crippen molar-refractivity contribution in [3.8, 4) is 0 Å². The van der Waals surface area contributed by atoms with Gasteiger partial charge in [0.2, 0.25) is 0 Å². The van der Waals surface area contributed by atoms with Crippen LogP contribution < -0.4 is 10.8 Å². The maximum Gasteiger partial charge on any atom is 0.182 e.